The number of rotatable bonds is 5. The van der Waals surface area contributed by atoms with Crippen molar-refractivity contribution in [3.8, 4) is 5.69 Å². The van der Waals surface area contributed by atoms with Crippen LogP contribution in [-0.4, -0.2) is 9.13 Å². The van der Waals surface area contributed by atoms with Crippen LogP contribution in [0.3, 0.4) is 0 Å². The number of hydrogen-bond acceptors (Lipinski definition) is 0. The minimum atomic E-state index is -0.234. The topological polar surface area (TPSA) is 9.86 Å². The Labute approximate surface area is 286 Å². The lowest BCUT2D eigenvalue weighted by Gasteiger charge is -2.33. The number of nitrogens with zero attached hydrogens (tertiary/aromatic N) is 2. The zero-order chi connectivity index (χ0) is 32.3. The summed E-state index contributed by atoms with van der Waals surface area (Å²) in [5.74, 6) is 3.19. The van der Waals surface area contributed by atoms with Crippen molar-refractivity contribution < 1.29 is 0 Å². The summed E-state index contributed by atoms with van der Waals surface area (Å²) in [4.78, 5) is 0. The molecule has 0 spiro atoms. The van der Waals surface area contributed by atoms with E-state index in [9.17, 15) is 0 Å². The number of benzene rings is 6. The van der Waals surface area contributed by atoms with E-state index in [4.69, 9.17) is 0 Å². The van der Waals surface area contributed by atoms with Gasteiger partial charge in [-0.1, -0.05) is 127 Å². The molecule has 0 N–H and O–H groups in total. The summed E-state index contributed by atoms with van der Waals surface area (Å²) in [5.41, 5.74) is 11.6. The molecule has 49 heavy (non-hydrogen) atoms. The Bertz CT molecular complexity index is 2640. The molecule has 234 valence electrons. The number of para-hydroxylation sites is 3. The maximum absolute atomic E-state index is 2.61. The zero-order valence-corrected chi connectivity index (χ0v) is 27.5. The first-order valence-corrected chi connectivity index (χ1v) is 17.7. The highest BCUT2D eigenvalue weighted by atomic mass is 15.1. The van der Waals surface area contributed by atoms with Crippen molar-refractivity contribution in [1.82, 2.24) is 9.13 Å². The van der Waals surface area contributed by atoms with Gasteiger partial charge in [-0.15, -0.1) is 0 Å². The fraction of sp³-hybridized carbons (Fsp3) is 0.149. The minimum Gasteiger partial charge on any atom is -0.331 e. The molecule has 2 heteroatoms. The molecule has 3 aliphatic carbocycles. The van der Waals surface area contributed by atoms with Crippen LogP contribution in [-0.2, 0) is 5.54 Å². The summed E-state index contributed by atoms with van der Waals surface area (Å²) in [6.45, 7) is 2.41. The molecule has 3 atom stereocenters. The van der Waals surface area contributed by atoms with Crippen molar-refractivity contribution in [2.75, 3.05) is 0 Å². The third-order valence-corrected chi connectivity index (χ3v) is 11.9. The zero-order valence-electron chi connectivity index (χ0n) is 27.5. The summed E-state index contributed by atoms with van der Waals surface area (Å²) < 4.78 is 5.05. The van der Waals surface area contributed by atoms with E-state index in [0.717, 1.165) is 30.1 Å². The number of hydrogen-bond donors (Lipinski definition) is 0. The average molecular weight is 629 g/mol. The van der Waals surface area contributed by atoms with Crippen LogP contribution in [0.25, 0.3) is 54.9 Å². The fourth-order valence-electron chi connectivity index (χ4n) is 9.52. The molecule has 0 bridgehead atoms. The monoisotopic (exact) mass is 628 g/mol. The molecule has 8 aromatic rings. The Kier molecular flexibility index (Phi) is 5.56. The first kappa shape index (κ1) is 27.4. The number of aromatic nitrogens is 2. The van der Waals surface area contributed by atoms with Crippen LogP contribution >= 0.6 is 0 Å². The minimum absolute atomic E-state index is 0.234. The Morgan fingerprint density at radius 1 is 0.531 bits per heavy atom. The number of fused-ring (bicyclic) bond motifs is 7. The standard InChI is InChI=1S/C47H36N2/c1-47(26-12-15-33(29-47)30-22-24-32(25-23-30)44-45-43(46(44)45)31-13-4-2-5-14-31)49-40-21-11-9-19-36(40)38-27-37-35-18-8-10-20-39(35)48(41(37)28-42(38)49)34-16-6-3-7-17-34/h2-25,27-29,43-46H,26H2,1H3/t43?,44?,45-,46-,47?/m1/s1. The summed E-state index contributed by atoms with van der Waals surface area (Å²) in [7, 11) is 0. The molecule has 6 aromatic carbocycles. The molecule has 2 saturated carbocycles. The largest absolute Gasteiger partial charge is 0.331 e. The third-order valence-electron chi connectivity index (χ3n) is 11.9. The predicted octanol–water partition coefficient (Wildman–Crippen LogP) is 11.8. The molecule has 2 heterocycles. The lowest BCUT2D eigenvalue weighted by atomic mass is 9.86. The van der Waals surface area contributed by atoms with Gasteiger partial charge in [0.05, 0.1) is 22.1 Å². The summed E-state index contributed by atoms with van der Waals surface area (Å²) in [5, 5.41) is 5.20. The van der Waals surface area contributed by atoms with Crippen molar-refractivity contribution in [1.29, 1.82) is 0 Å². The van der Waals surface area contributed by atoms with E-state index >= 15 is 0 Å². The molecular weight excluding hydrogens is 593 g/mol. The molecule has 11 rings (SSSR count). The third kappa shape index (κ3) is 3.95. The molecule has 0 saturated heterocycles. The normalized spacial score (nSPS) is 24.1. The second-order valence-corrected chi connectivity index (χ2v) is 14.7. The molecular formula is C47H36N2. The Morgan fingerprint density at radius 3 is 1.86 bits per heavy atom. The van der Waals surface area contributed by atoms with Crippen LogP contribution in [0.5, 0.6) is 0 Å². The van der Waals surface area contributed by atoms with Crippen LogP contribution in [0, 0.1) is 11.8 Å². The maximum Gasteiger partial charge on any atom is 0.0649 e. The first-order valence-electron chi connectivity index (χ1n) is 17.7. The van der Waals surface area contributed by atoms with E-state index in [1.807, 2.05) is 0 Å². The van der Waals surface area contributed by atoms with Crippen molar-refractivity contribution in [2.45, 2.75) is 30.7 Å². The van der Waals surface area contributed by atoms with Gasteiger partial charge in [0, 0.05) is 32.7 Å². The van der Waals surface area contributed by atoms with Gasteiger partial charge in [-0.2, -0.15) is 0 Å². The second kappa shape index (κ2) is 9.96. The molecule has 0 amide bonds. The van der Waals surface area contributed by atoms with Gasteiger partial charge in [-0.05, 0) is 95.7 Å². The van der Waals surface area contributed by atoms with Gasteiger partial charge in [0.2, 0.25) is 0 Å². The predicted molar refractivity (Wildman–Crippen MR) is 205 cm³/mol. The lowest BCUT2D eigenvalue weighted by molar-refractivity contribution is 0.439. The fourth-order valence-corrected chi connectivity index (χ4v) is 9.52. The summed E-state index contributed by atoms with van der Waals surface area (Å²) in [6, 6.07) is 54.1. The number of allylic oxidation sites excluding steroid dienone is 4. The first-order chi connectivity index (χ1) is 24.2. The van der Waals surface area contributed by atoms with Gasteiger partial charge >= 0.3 is 0 Å². The molecule has 2 fully saturated rings. The van der Waals surface area contributed by atoms with E-state index in [-0.39, 0.29) is 5.54 Å². The average Bonchev–Trinajstić information content (AvgIpc) is 4.01. The second-order valence-electron chi connectivity index (χ2n) is 14.7. The smallest absolute Gasteiger partial charge is 0.0649 e. The Morgan fingerprint density at radius 2 is 1.12 bits per heavy atom. The molecule has 3 aliphatic rings. The summed E-state index contributed by atoms with van der Waals surface area (Å²) >= 11 is 0. The van der Waals surface area contributed by atoms with E-state index in [2.05, 4.69) is 180 Å². The van der Waals surface area contributed by atoms with Gasteiger partial charge in [0.1, 0.15) is 0 Å². The van der Waals surface area contributed by atoms with Crippen molar-refractivity contribution in [2.24, 2.45) is 11.8 Å². The summed E-state index contributed by atoms with van der Waals surface area (Å²) in [6.07, 6.45) is 8.17. The van der Waals surface area contributed by atoms with Gasteiger partial charge < -0.3 is 9.13 Å². The van der Waals surface area contributed by atoms with Crippen LogP contribution < -0.4 is 0 Å². The van der Waals surface area contributed by atoms with E-state index in [1.54, 1.807) is 0 Å². The van der Waals surface area contributed by atoms with Gasteiger partial charge in [-0.3, -0.25) is 0 Å². The maximum atomic E-state index is 2.61. The van der Waals surface area contributed by atoms with E-state index < -0.39 is 0 Å². The molecule has 0 aliphatic heterocycles. The molecule has 1 unspecified atom stereocenters. The van der Waals surface area contributed by atoms with Gasteiger partial charge in [0.15, 0.2) is 0 Å². The Balaban J connectivity index is 1.02. The molecule has 2 nitrogen and oxygen atoms in total. The van der Waals surface area contributed by atoms with Crippen LogP contribution in [0.1, 0.15) is 41.9 Å². The Hall–Kier alpha value is -5.60. The van der Waals surface area contributed by atoms with E-state index in [0.29, 0.717) is 0 Å². The highest BCUT2D eigenvalue weighted by Gasteiger charge is 2.73. The van der Waals surface area contributed by atoms with Gasteiger partial charge in [0.25, 0.3) is 0 Å². The molecule has 2 aromatic heterocycles. The highest BCUT2D eigenvalue weighted by Crippen LogP contribution is 2.81. The van der Waals surface area contributed by atoms with Crippen LogP contribution in [0.4, 0.5) is 0 Å². The quantitative estimate of drug-likeness (QED) is 0.179. The lowest BCUT2D eigenvalue weighted by Crippen LogP contribution is -2.28. The van der Waals surface area contributed by atoms with Crippen molar-refractivity contribution in [3.63, 3.8) is 0 Å². The van der Waals surface area contributed by atoms with Crippen LogP contribution in [0.2, 0.25) is 0 Å². The van der Waals surface area contributed by atoms with Crippen LogP contribution in [0.15, 0.2) is 164 Å². The van der Waals surface area contributed by atoms with E-state index in [1.165, 1.54) is 71.6 Å². The highest BCUT2D eigenvalue weighted by molar-refractivity contribution is 6.18. The molecule has 0 radical (unpaired) electrons. The van der Waals surface area contributed by atoms with Gasteiger partial charge in [-0.25, -0.2) is 0 Å². The van der Waals surface area contributed by atoms with Crippen molar-refractivity contribution in [3.05, 3.63) is 181 Å². The van der Waals surface area contributed by atoms with Crippen molar-refractivity contribution >= 4 is 49.2 Å². The SMILES string of the molecule is CC1(n2c3ccccc3c3cc4c5ccccc5n(-c5ccccc5)c4cc32)C=C(c2ccc(C3[C@H]4C(c5ccccc5)[C@H]34)cc2)C=CC1.